The maximum Gasteiger partial charge on any atom is 0.434 e. The molecule has 0 aliphatic carbocycles. The van der Waals surface area contributed by atoms with Crippen LogP contribution in [0.4, 0.5) is 0 Å². The summed E-state index contributed by atoms with van der Waals surface area (Å²) in [6, 6.07) is 26.3. The predicted octanol–water partition coefficient (Wildman–Crippen LogP) is 8.40. The zero-order chi connectivity index (χ0) is 23.4. The summed E-state index contributed by atoms with van der Waals surface area (Å²) in [5, 5.41) is 0. The van der Waals surface area contributed by atoms with Gasteiger partial charge in [0, 0.05) is 5.56 Å². The van der Waals surface area contributed by atoms with E-state index in [0.29, 0.717) is 11.5 Å². The summed E-state index contributed by atoms with van der Waals surface area (Å²) < 4.78 is 31.7. The van der Waals surface area contributed by atoms with Crippen LogP contribution in [0.2, 0.25) is 0 Å². The first-order chi connectivity index (χ1) is 16.1. The van der Waals surface area contributed by atoms with Crippen molar-refractivity contribution in [1.82, 2.24) is 0 Å². The number of allylic oxidation sites excluding steroid dienone is 1. The number of methoxy groups -OCH3 is 1. The van der Waals surface area contributed by atoms with Gasteiger partial charge in [0.1, 0.15) is 17.2 Å². The molecule has 0 aliphatic rings. The highest BCUT2D eigenvalue weighted by atomic mass is 31.2. The van der Waals surface area contributed by atoms with Crippen LogP contribution in [0.5, 0.6) is 17.2 Å². The Morgan fingerprint density at radius 2 is 1.36 bits per heavy atom. The second-order valence-corrected chi connectivity index (χ2v) is 9.84. The molecule has 0 N–H and O–H groups in total. The average Bonchev–Trinajstić information content (AvgIpc) is 2.83. The van der Waals surface area contributed by atoms with Gasteiger partial charge >= 0.3 is 7.60 Å². The van der Waals surface area contributed by atoms with E-state index in [1.807, 2.05) is 60.7 Å². The number of ether oxygens (including phenoxy) is 1. The molecule has 0 unspecified atom stereocenters. The highest BCUT2D eigenvalue weighted by Crippen LogP contribution is 2.50. The first-order valence-corrected chi connectivity index (χ1v) is 13.3. The van der Waals surface area contributed by atoms with Gasteiger partial charge in [-0.05, 0) is 43.2 Å². The number of unbranched alkanes of at least 4 members (excludes halogenated alkanes) is 3. The minimum Gasteiger partial charge on any atom is -0.496 e. The number of rotatable bonds is 13. The molecule has 0 heterocycles. The quantitative estimate of drug-likeness (QED) is 0.188. The molecule has 3 aromatic carbocycles. The van der Waals surface area contributed by atoms with Crippen LogP contribution in [0, 0.1) is 0 Å². The lowest BCUT2D eigenvalue weighted by Gasteiger charge is -2.22. The van der Waals surface area contributed by atoms with Crippen LogP contribution in [0.25, 0.3) is 6.08 Å². The normalized spacial score (nSPS) is 11.8. The molecule has 0 spiro atoms. The summed E-state index contributed by atoms with van der Waals surface area (Å²) in [5.41, 5.74) is 1.97. The third-order valence-electron chi connectivity index (χ3n) is 5.22. The molecule has 0 saturated heterocycles. The first kappa shape index (κ1) is 24.7. The highest BCUT2D eigenvalue weighted by molar-refractivity contribution is 7.55. The van der Waals surface area contributed by atoms with E-state index >= 15 is 0 Å². The van der Waals surface area contributed by atoms with Crippen LogP contribution in [0.3, 0.4) is 0 Å². The molecule has 0 fully saturated rings. The van der Waals surface area contributed by atoms with Gasteiger partial charge in [-0.25, -0.2) is 4.57 Å². The molecule has 0 atom stereocenters. The fourth-order valence-electron chi connectivity index (χ4n) is 3.60. The number of para-hydroxylation sites is 3. The molecule has 0 aliphatic heterocycles. The van der Waals surface area contributed by atoms with Crippen molar-refractivity contribution in [2.24, 2.45) is 0 Å². The number of hydrogen-bond acceptors (Lipinski definition) is 4. The smallest absolute Gasteiger partial charge is 0.434 e. The van der Waals surface area contributed by atoms with Gasteiger partial charge in [0.2, 0.25) is 0 Å². The zero-order valence-electron chi connectivity index (χ0n) is 19.5. The lowest BCUT2D eigenvalue weighted by molar-refractivity contribution is 0.388. The van der Waals surface area contributed by atoms with E-state index < -0.39 is 7.60 Å². The van der Waals surface area contributed by atoms with E-state index in [0.717, 1.165) is 42.6 Å². The Labute approximate surface area is 197 Å². The van der Waals surface area contributed by atoms with Gasteiger partial charge in [-0.1, -0.05) is 92.4 Å². The van der Waals surface area contributed by atoms with E-state index in [2.05, 4.69) is 13.0 Å². The Bertz CT molecular complexity index is 1000. The van der Waals surface area contributed by atoms with Crippen LogP contribution in [0.15, 0.2) is 90.5 Å². The highest BCUT2D eigenvalue weighted by Gasteiger charge is 2.30. The predicted molar refractivity (Wildman–Crippen MR) is 136 cm³/mol. The molecule has 0 bridgehead atoms. The number of benzene rings is 3. The molecule has 0 amide bonds. The molecule has 174 valence electrons. The van der Waals surface area contributed by atoms with Gasteiger partial charge in [0.15, 0.2) is 0 Å². The van der Waals surface area contributed by atoms with Crippen molar-refractivity contribution in [2.75, 3.05) is 13.3 Å². The van der Waals surface area contributed by atoms with Crippen molar-refractivity contribution >= 4 is 13.7 Å². The standard InChI is InChI=1S/C28H33O4P/c1-3-4-5-8-15-24(22-25-16-13-14-21-28(25)30-2)23-33(29,31-26-17-9-6-10-18-26)32-27-19-11-7-12-20-27/h6-7,9-14,16-22H,3-5,8,15,23H2,1-2H3/b24-22+. The number of hydrogen-bond donors (Lipinski definition) is 0. The molecular weight excluding hydrogens is 431 g/mol. The molecule has 3 aromatic rings. The second kappa shape index (κ2) is 12.9. The summed E-state index contributed by atoms with van der Waals surface area (Å²) in [7, 11) is -1.88. The van der Waals surface area contributed by atoms with Crippen molar-refractivity contribution < 1.29 is 18.3 Å². The molecular formula is C28H33O4P. The van der Waals surface area contributed by atoms with Gasteiger partial charge in [-0.15, -0.1) is 0 Å². The van der Waals surface area contributed by atoms with Gasteiger partial charge in [0.05, 0.1) is 13.3 Å². The van der Waals surface area contributed by atoms with Crippen molar-refractivity contribution in [1.29, 1.82) is 0 Å². The van der Waals surface area contributed by atoms with Crippen LogP contribution in [-0.4, -0.2) is 13.3 Å². The average molecular weight is 465 g/mol. The van der Waals surface area contributed by atoms with Crippen LogP contribution >= 0.6 is 7.60 Å². The van der Waals surface area contributed by atoms with Crippen LogP contribution in [-0.2, 0) is 4.57 Å². The molecule has 0 aromatic heterocycles. The minimum atomic E-state index is -3.54. The molecule has 0 radical (unpaired) electrons. The molecule has 5 heteroatoms. The largest absolute Gasteiger partial charge is 0.496 e. The van der Waals surface area contributed by atoms with E-state index in [4.69, 9.17) is 13.8 Å². The third-order valence-corrected chi connectivity index (χ3v) is 6.99. The summed E-state index contributed by atoms with van der Waals surface area (Å²) in [5.74, 6) is 1.84. The maximum atomic E-state index is 14.1. The SMILES string of the molecule is CCCCCC/C(=C\c1ccccc1OC)CP(=O)(Oc1ccccc1)Oc1ccccc1. The van der Waals surface area contributed by atoms with Gasteiger partial charge < -0.3 is 13.8 Å². The maximum absolute atomic E-state index is 14.1. The van der Waals surface area contributed by atoms with E-state index in [9.17, 15) is 4.57 Å². The Hall–Kier alpha value is -2.97. The van der Waals surface area contributed by atoms with Gasteiger partial charge in [0.25, 0.3) is 0 Å². The van der Waals surface area contributed by atoms with Crippen molar-refractivity contribution in [3.8, 4) is 17.2 Å². The summed E-state index contributed by atoms with van der Waals surface area (Å²) in [4.78, 5) is 0. The monoisotopic (exact) mass is 464 g/mol. The molecule has 3 rings (SSSR count). The lowest BCUT2D eigenvalue weighted by atomic mass is 10.0. The summed E-state index contributed by atoms with van der Waals surface area (Å²) in [6.45, 7) is 2.20. The van der Waals surface area contributed by atoms with E-state index in [-0.39, 0.29) is 6.16 Å². The van der Waals surface area contributed by atoms with Crippen molar-refractivity contribution in [3.63, 3.8) is 0 Å². The first-order valence-electron chi connectivity index (χ1n) is 11.5. The topological polar surface area (TPSA) is 44.8 Å². The van der Waals surface area contributed by atoms with Crippen molar-refractivity contribution in [2.45, 2.75) is 39.0 Å². The van der Waals surface area contributed by atoms with Gasteiger partial charge in [-0.2, -0.15) is 0 Å². The molecule has 4 nitrogen and oxygen atoms in total. The second-order valence-electron chi connectivity index (χ2n) is 7.93. The minimum absolute atomic E-state index is 0.195. The van der Waals surface area contributed by atoms with Crippen LogP contribution in [0.1, 0.15) is 44.6 Å². The van der Waals surface area contributed by atoms with E-state index in [1.54, 1.807) is 31.4 Å². The fourth-order valence-corrected chi connectivity index (χ4v) is 5.40. The van der Waals surface area contributed by atoms with Crippen LogP contribution < -0.4 is 13.8 Å². The van der Waals surface area contributed by atoms with Crippen molar-refractivity contribution in [3.05, 3.63) is 96.1 Å². The molecule has 0 saturated carbocycles. The fraction of sp³-hybridized carbons (Fsp3) is 0.286. The van der Waals surface area contributed by atoms with Gasteiger partial charge in [-0.3, -0.25) is 0 Å². The summed E-state index contributed by atoms with van der Waals surface area (Å²) in [6.07, 6.45) is 7.58. The third kappa shape index (κ3) is 8.14. The lowest BCUT2D eigenvalue weighted by Crippen LogP contribution is -2.07. The summed E-state index contributed by atoms with van der Waals surface area (Å²) >= 11 is 0. The molecule has 33 heavy (non-hydrogen) atoms. The Kier molecular flexibility index (Phi) is 9.65. The Morgan fingerprint density at radius 3 is 1.94 bits per heavy atom. The Morgan fingerprint density at radius 1 is 0.788 bits per heavy atom. The zero-order valence-corrected chi connectivity index (χ0v) is 20.4. The Balaban J connectivity index is 1.92. The van der Waals surface area contributed by atoms with E-state index in [1.165, 1.54) is 6.42 Å².